The van der Waals surface area contributed by atoms with E-state index >= 15 is 0 Å². The van der Waals surface area contributed by atoms with Gasteiger partial charge >= 0.3 is 5.97 Å². The molecule has 5 aliphatic rings. The highest BCUT2D eigenvalue weighted by Crippen LogP contribution is 2.73. The molecule has 0 spiro atoms. The first-order valence-electron chi connectivity index (χ1n) is 21.6. The number of rotatable bonds is 13. The third kappa shape index (κ3) is 7.58. The first-order valence-corrected chi connectivity index (χ1v) is 21.6. The lowest BCUT2D eigenvalue weighted by molar-refractivity contribution is -0.213. The van der Waals surface area contributed by atoms with Crippen LogP contribution in [-0.4, -0.2) is 67.7 Å². The highest BCUT2D eigenvalue weighted by atomic mass is 16.5. The number of Topliss-reactive ketones (excluding diaryl/α,β-unsaturated/α-hetero) is 1. The van der Waals surface area contributed by atoms with E-state index < -0.39 is 5.41 Å². The molecule has 0 bridgehead atoms. The number of aryl methyl sites for hydroxylation is 1. The van der Waals surface area contributed by atoms with Gasteiger partial charge in [0.15, 0.2) is 5.78 Å². The standard InChI is InChI=1S/C48H74N2O4/c1-32(2)42-37(52)28-48(24-25-50(27-26-49(10)11)30-34-14-12-33(3)13-15-34)23-18-36-35(43(42)48)16-17-39-46(36,8)21-19-38-45(6,7)40(20-22-47(38,39)9)54-41(53)29-44(4,5)31-51/h12-15,31-32,35-36,38-40H,16-30H2,1-11H3. The number of aldehydes is 1. The summed E-state index contributed by atoms with van der Waals surface area (Å²) in [4.78, 5) is 43.8. The maximum absolute atomic E-state index is 14.2. The number of esters is 1. The Kier molecular flexibility index (Phi) is 11.6. The number of ketones is 1. The molecule has 1 aromatic rings. The zero-order valence-electron chi connectivity index (χ0n) is 36.0. The molecule has 0 amide bonds. The Balaban J connectivity index is 1.24. The molecule has 0 heterocycles. The van der Waals surface area contributed by atoms with E-state index in [1.807, 2.05) is 13.8 Å². The molecule has 6 heteroatoms. The summed E-state index contributed by atoms with van der Waals surface area (Å²) in [6.45, 7) is 24.3. The summed E-state index contributed by atoms with van der Waals surface area (Å²) in [5, 5.41) is 0. The van der Waals surface area contributed by atoms with Gasteiger partial charge in [0.2, 0.25) is 0 Å². The second-order valence-electron chi connectivity index (χ2n) is 21.3. The molecule has 300 valence electrons. The fourth-order valence-corrected chi connectivity index (χ4v) is 13.5. The van der Waals surface area contributed by atoms with Crippen molar-refractivity contribution in [3.8, 4) is 0 Å². The molecule has 54 heavy (non-hydrogen) atoms. The Morgan fingerprint density at radius 2 is 1.59 bits per heavy atom. The monoisotopic (exact) mass is 743 g/mol. The Bertz CT molecular complexity index is 1590. The van der Waals surface area contributed by atoms with Gasteiger partial charge in [-0.1, -0.05) is 90.8 Å². The van der Waals surface area contributed by atoms with Gasteiger partial charge in [-0.3, -0.25) is 14.5 Å². The van der Waals surface area contributed by atoms with Gasteiger partial charge in [-0.15, -0.1) is 0 Å². The van der Waals surface area contributed by atoms with Crippen molar-refractivity contribution >= 4 is 18.0 Å². The average Bonchev–Trinajstić information content (AvgIpc) is 3.40. The van der Waals surface area contributed by atoms with Gasteiger partial charge in [0.05, 0.1) is 6.42 Å². The number of likely N-dealkylation sites (N-methyl/N-ethyl adjacent to an activating group) is 1. The van der Waals surface area contributed by atoms with Crippen LogP contribution >= 0.6 is 0 Å². The zero-order valence-corrected chi connectivity index (χ0v) is 36.0. The van der Waals surface area contributed by atoms with Gasteiger partial charge < -0.3 is 14.4 Å². The van der Waals surface area contributed by atoms with Crippen molar-refractivity contribution in [2.45, 2.75) is 146 Å². The SMILES string of the molecule is Cc1ccc(CN(CCN(C)C)CCC23CCC4C(CCC5C4(C)CCC4C(C)(C)C(OC(=O)CC(C)(C)C=O)CCC45C)C2=C(C(C)C)C(=O)C3)cc1. The number of carbonyl (C=O) groups is 3. The van der Waals surface area contributed by atoms with Crippen LogP contribution in [0.5, 0.6) is 0 Å². The molecule has 0 aromatic heterocycles. The van der Waals surface area contributed by atoms with E-state index in [2.05, 4.69) is 96.6 Å². The Morgan fingerprint density at radius 1 is 0.907 bits per heavy atom. The quantitative estimate of drug-likeness (QED) is 0.148. The van der Waals surface area contributed by atoms with Gasteiger partial charge in [-0.05, 0) is 137 Å². The molecule has 5 aliphatic carbocycles. The molecule has 4 saturated carbocycles. The van der Waals surface area contributed by atoms with Crippen LogP contribution in [0.15, 0.2) is 35.4 Å². The minimum atomic E-state index is -0.699. The summed E-state index contributed by atoms with van der Waals surface area (Å²) in [6.07, 6.45) is 11.8. The number of allylic oxidation sites excluding steroid dienone is 2. The van der Waals surface area contributed by atoms with Crippen molar-refractivity contribution in [2.75, 3.05) is 33.7 Å². The summed E-state index contributed by atoms with van der Waals surface area (Å²) < 4.78 is 6.25. The van der Waals surface area contributed by atoms with Crippen LogP contribution in [0.1, 0.15) is 137 Å². The first kappa shape index (κ1) is 41.3. The van der Waals surface area contributed by atoms with Crippen LogP contribution in [0, 0.1) is 63.6 Å². The Hall–Kier alpha value is -2.31. The normalized spacial score (nSPS) is 34.8. The van der Waals surface area contributed by atoms with Crippen LogP contribution in [0.4, 0.5) is 0 Å². The van der Waals surface area contributed by atoms with Crippen LogP contribution in [0.2, 0.25) is 0 Å². The smallest absolute Gasteiger partial charge is 0.307 e. The molecule has 0 N–H and O–H groups in total. The van der Waals surface area contributed by atoms with Crippen LogP contribution in [0.3, 0.4) is 0 Å². The summed E-state index contributed by atoms with van der Waals surface area (Å²) in [5.74, 6) is 2.68. The fraction of sp³-hybridized carbons (Fsp3) is 0.771. The van der Waals surface area contributed by atoms with Crippen molar-refractivity contribution in [3.05, 3.63) is 46.5 Å². The predicted molar refractivity (Wildman–Crippen MR) is 219 cm³/mol. The molecular weight excluding hydrogens is 669 g/mol. The van der Waals surface area contributed by atoms with Gasteiger partial charge in [0, 0.05) is 42.3 Å². The maximum Gasteiger partial charge on any atom is 0.307 e. The third-order valence-corrected chi connectivity index (χ3v) is 16.2. The molecule has 1 aromatic carbocycles. The molecule has 0 saturated heterocycles. The van der Waals surface area contributed by atoms with Gasteiger partial charge in [0.1, 0.15) is 12.4 Å². The van der Waals surface area contributed by atoms with Crippen molar-refractivity contribution in [2.24, 2.45) is 56.7 Å². The molecule has 4 fully saturated rings. The van der Waals surface area contributed by atoms with E-state index in [9.17, 15) is 14.4 Å². The highest BCUT2D eigenvalue weighted by Gasteiger charge is 2.66. The molecule has 6 rings (SSSR count). The lowest BCUT2D eigenvalue weighted by Gasteiger charge is -2.69. The average molecular weight is 743 g/mol. The topological polar surface area (TPSA) is 66.9 Å². The number of carbonyl (C=O) groups excluding carboxylic acids is 3. The Labute approximate surface area is 328 Å². The lowest BCUT2D eigenvalue weighted by Crippen LogP contribution is -2.63. The van der Waals surface area contributed by atoms with Gasteiger partial charge in [0.25, 0.3) is 0 Å². The van der Waals surface area contributed by atoms with Crippen LogP contribution < -0.4 is 0 Å². The van der Waals surface area contributed by atoms with E-state index in [0.29, 0.717) is 35.9 Å². The van der Waals surface area contributed by atoms with E-state index in [-0.39, 0.29) is 46.1 Å². The van der Waals surface area contributed by atoms with Crippen molar-refractivity contribution in [1.29, 1.82) is 0 Å². The van der Waals surface area contributed by atoms with Crippen molar-refractivity contribution in [3.63, 3.8) is 0 Å². The van der Waals surface area contributed by atoms with E-state index in [4.69, 9.17) is 4.74 Å². The zero-order chi connectivity index (χ0) is 39.4. The number of nitrogens with zero attached hydrogens (tertiary/aromatic N) is 2. The molecular formula is C48H74N2O4. The minimum Gasteiger partial charge on any atom is -0.462 e. The van der Waals surface area contributed by atoms with E-state index in [0.717, 1.165) is 64.6 Å². The number of hydrogen-bond donors (Lipinski definition) is 0. The summed E-state index contributed by atoms with van der Waals surface area (Å²) in [5.41, 5.74) is 5.05. The van der Waals surface area contributed by atoms with Crippen molar-refractivity contribution in [1.82, 2.24) is 9.80 Å². The van der Waals surface area contributed by atoms with Crippen LogP contribution in [-0.2, 0) is 25.7 Å². The minimum absolute atomic E-state index is 0.00582. The maximum atomic E-state index is 14.2. The number of hydrogen-bond acceptors (Lipinski definition) is 6. The van der Waals surface area contributed by atoms with Gasteiger partial charge in [-0.2, -0.15) is 0 Å². The van der Waals surface area contributed by atoms with E-state index in [1.54, 1.807) is 5.57 Å². The summed E-state index contributed by atoms with van der Waals surface area (Å²) in [7, 11) is 4.33. The number of ether oxygens (including phenoxy) is 1. The first-order chi connectivity index (χ1) is 25.3. The third-order valence-electron chi connectivity index (χ3n) is 16.2. The van der Waals surface area contributed by atoms with Gasteiger partial charge in [-0.25, -0.2) is 0 Å². The molecule has 6 nitrogen and oxygen atoms in total. The molecule has 0 aliphatic heterocycles. The summed E-state index contributed by atoms with van der Waals surface area (Å²) >= 11 is 0. The summed E-state index contributed by atoms with van der Waals surface area (Å²) in [6, 6.07) is 9.03. The highest BCUT2D eigenvalue weighted by molar-refractivity contribution is 6.00. The second-order valence-corrected chi connectivity index (χ2v) is 21.3. The predicted octanol–water partition coefficient (Wildman–Crippen LogP) is 9.87. The largest absolute Gasteiger partial charge is 0.462 e. The molecule has 8 atom stereocenters. The lowest BCUT2D eigenvalue weighted by atomic mass is 9.36. The van der Waals surface area contributed by atoms with E-state index in [1.165, 1.54) is 42.4 Å². The molecule has 0 radical (unpaired) electrons. The fourth-order valence-electron chi connectivity index (χ4n) is 13.5. The second kappa shape index (κ2) is 15.2. The van der Waals surface area contributed by atoms with Crippen molar-refractivity contribution < 1.29 is 19.1 Å². The molecule has 8 unspecified atom stereocenters. The number of fused-ring (bicyclic) bond motifs is 7. The number of benzene rings is 1. The Morgan fingerprint density at radius 3 is 2.24 bits per heavy atom. The van der Waals surface area contributed by atoms with Crippen LogP contribution in [0.25, 0.3) is 0 Å².